The molecular formula is C9H19N. The number of rotatable bonds is 3. The third-order valence-corrected chi connectivity index (χ3v) is 1.12. The van der Waals surface area contributed by atoms with Crippen molar-refractivity contribution in [1.29, 1.82) is 0 Å². The van der Waals surface area contributed by atoms with Crippen LogP contribution in [0.1, 0.15) is 40.5 Å². The molecule has 0 aliphatic rings. The smallest absolute Gasteiger partial charge is 0.0385 e. The van der Waals surface area contributed by atoms with Crippen molar-refractivity contribution in [2.75, 3.05) is 6.54 Å². The topological polar surface area (TPSA) is 12.4 Å². The van der Waals surface area contributed by atoms with E-state index in [1.165, 1.54) is 12.8 Å². The second-order valence-corrected chi connectivity index (χ2v) is 3.75. The monoisotopic (exact) mass is 141 g/mol. The number of aliphatic imine (C=N–C) groups is 1. The quantitative estimate of drug-likeness (QED) is 0.423. The van der Waals surface area contributed by atoms with Gasteiger partial charge in [0.25, 0.3) is 0 Å². The molecule has 0 heterocycles. The Hall–Kier alpha value is -0.330. The molecule has 0 aromatic rings. The molecule has 1 nitrogen and oxygen atoms in total. The van der Waals surface area contributed by atoms with Gasteiger partial charge in [0.15, 0.2) is 0 Å². The standard InChI is InChI=1S/C9H19N/c1-5-6-7-10-8-9(2,3)4/h8H,5-7H2,1-4H3. The van der Waals surface area contributed by atoms with Crippen LogP contribution in [-0.4, -0.2) is 12.8 Å². The van der Waals surface area contributed by atoms with E-state index in [1.807, 2.05) is 6.21 Å². The molecular weight excluding hydrogens is 122 g/mol. The van der Waals surface area contributed by atoms with Crippen LogP contribution >= 0.6 is 0 Å². The first-order chi connectivity index (χ1) is 4.56. The third kappa shape index (κ3) is 7.67. The molecule has 0 N–H and O–H groups in total. The highest BCUT2D eigenvalue weighted by molar-refractivity contribution is 5.63. The Morgan fingerprint density at radius 3 is 2.30 bits per heavy atom. The maximum atomic E-state index is 4.31. The first kappa shape index (κ1) is 9.67. The molecule has 0 atom stereocenters. The fourth-order valence-corrected chi connectivity index (χ4v) is 0.588. The zero-order valence-electron chi connectivity index (χ0n) is 7.65. The lowest BCUT2D eigenvalue weighted by molar-refractivity contribution is 0.602. The zero-order valence-corrected chi connectivity index (χ0v) is 7.65. The van der Waals surface area contributed by atoms with Gasteiger partial charge in [0, 0.05) is 12.8 Å². The van der Waals surface area contributed by atoms with Crippen LogP contribution < -0.4 is 0 Å². The molecule has 60 valence electrons. The summed E-state index contributed by atoms with van der Waals surface area (Å²) in [6.45, 7) is 9.69. The molecule has 0 fully saturated rings. The molecule has 0 aromatic carbocycles. The average molecular weight is 141 g/mol. The van der Waals surface area contributed by atoms with Crippen molar-refractivity contribution in [3.8, 4) is 0 Å². The molecule has 0 saturated carbocycles. The van der Waals surface area contributed by atoms with Gasteiger partial charge < -0.3 is 0 Å². The van der Waals surface area contributed by atoms with E-state index in [2.05, 4.69) is 32.7 Å². The van der Waals surface area contributed by atoms with Crippen LogP contribution in [0.3, 0.4) is 0 Å². The van der Waals surface area contributed by atoms with E-state index in [4.69, 9.17) is 0 Å². The highest BCUT2D eigenvalue weighted by atomic mass is 14.7. The minimum atomic E-state index is 0.258. The molecule has 0 aliphatic heterocycles. The Kier molecular flexibility index (Phi) is 4.33. The normalized spacial score (nSPS) is 12.8. The van der Waals surface area contributed by atoms with E-state index in [0.717, 1.165) is 6.54 Å². The summed E-state index contributed by atoms with van der Waals surface area (Å²) in [5.41, 5.74) is 0.258. The second kappa shape index (κ2) is 4.48. The van der Waals surface area contributed by atoms with E-state index in [-0.39, 0.29) is 5.41 Å². The lowest BCUT2D eigenvalue weighted by Crippen LogP contribution is -2.06. The Morgan fingerprint density at radius 2 is 1.90 bits per heavy atom. The van der Waals surface area contributed by atoms with E-state index in [9.17, 15) is 0 Å². The largest absolute Gasteiger partial charge is 0.297 e. The SMILES string of the molecule is CCCCN=CC(C)(C)C. The van der Waals surface area contributed by atoms with Crippen molar-refractivity contribution in [3.05, 3.63) is 0 Å². The molecule has 0 spiro atoms. The molecule has 0 unspecified atom stereocenters. The summed E-state index contributed by atoms with van der Waals surface area (Å²) in [4.78, 5) is 4.31. The van der Waals surface area contributed by atoms with Crippen LogP contribution in [0.25, 0.3) is 0 Å². The second-order valence-electron chi connectivity index (χ2n) is 3.75. The van der Waals surface area contributed by atoms with Crippen LogP contribution in [0.2, 0.25) is 0 Å². The molecule has 1 heteroatoms. The number of nitrogens with zero attached hydrogens (tertiary/aromatic N) is 1. The zero-order chi connectivity index (χ0) is 8.04. The van der Waals surface area contributed by atoms with Gasteiger partial charge in [0.05, 0.1) is 0 Å². The molecule has 0 aliphatic carbocycles. The Morgan fingerprint density at radius 1 is 1.30 bits per heavy atom. The summed E-state index contributed by atoms with van der Waals surface area (Å²) in [7, 11) is 0. The summed E-state index contributed by atoms with van der Waals surface area (Å²) in [5.74, 6) is 0. The fraction of sp³-hybridized carbons (Fsp3) is 0.889. The van der Waals surface area contributed by atoms with Gasteiger partial charge in [0.2, 0.25) is 0 Å². The van der Waals surface area contributed by atoms with Crippen LogP contribution in [0.4, 0.5) is 0 Å². The molecule has 0 bridgehead atoms. The lowest BCUT2D eigenvalue weighted by atomic mass is 9.99. The minimum absolute atomic E-state index is 0.258. The van der Waals surface area contributed by atoms with Crippen LogP contribution in [-0.2, 0) is 0 Å². The Bertz CT molecular complexity index is 97.8. The molecule has 0 rings (SSSR count). The predicted molar refractivity (Wildman–Crippen MR) is 47.7 cm³/mol. The van der Waals surface area contributed by atoms with Crippen LogP contribution in [0.5, 0.6) is 0 Å². The highest BCUT2D eigenvalue weighted by Crippen LogP contribution is 2.08. The summed E-state index contributed by atoms with van der Waals surface area (Å²) < 4.78 is 0. The molecule has 0 saturated heterocycles. The number of unbranched alkanes of at least 4 members (excludes halogenated alkanes) is 1. The Labute approximate surface area is 64.6 Å². The first-order valence-corrected chi connectivity index (χ1v) is 4.07. The molecule has 10 heavy (non-hydrogen) atoms. The third-order valence-electron chi connectivity index (χ3n) is 1.12. The van der Waals surface area contributed by atoms with Gasteiger partial charge in [-0.3, -0.25) is 4.99 Å². The molecule has 0 amide bonds. The Balaban J connectivity index is 3.37. The van der Waals surface area contributed by atoms with Crippen molar-refractivity contribution in [2.24, 2.45) is 10.4 Å². The van der Waals surface area contributed by atoms with Crippen molar-refractivity contribution >= 4 is 6.21 Å². The predicted octanol–water partition coefficient (Wildman–Crippen LogP) is 2.90. The summed E-state index contributed by atoms with van der Waals surface area (Å²) in [6, 6.07) is 0. The minimum Gasteiger partial charge on any atom is -0.297 e. The van der Waals surface area contributed by atoms with Gasteiger partial charge in [-0.1, -0.05) is 34.1 Å². The van der Waals surface area contributed by atoms with Crippen molar-refractivity contribution in [3.63, 3.8) is 0 Å². The van der Waals surface area contributed by atoms with Crippen LogP contribution in [0.15, 0.2) is 4.99 Å². The number of hydrogen-bond acceptors (Lipinski definition) is 1. The molecule has 0 aromatic heterocycles. The first-order valence-electron chi connectivity index (χ1n) is 4.07. The average Bonchev–Trinajstić information content (AvgIpc) is 1.78. The summed E-state index contributed by atoms with van der Waals surface area (Å²) in [5, 5.41) is 0. The maximum absolute atomic E-state index is 4.31. The van der Waals surface area contributed by atoms with Crippen molar-refractivity contribution in [2.45, 2.75) is 40.5 Å². The highest BCUT2D eigenvalue weighted by Gasteiger charge is 2.03. The van der Waals surface area contributed by atoms with E-state index < -0.39 is 0 Å². The maximum Gasteiger partial charge on any atom is 0.0385 e. The van der Waals surface area contributed by atoms with Crippen molar-refractivity contribution in [1.82, 2.24) is 0 Å². The molecule has 0 radical (unpaired) electrons. The van der Waals surface area contributed by atoms with E-state index in [1.54, 1.807) is 0 Å². The van der Waals surface area contributed by atoms with Gasteiger partial charge >= 0.3 is 0 Å². The van der Waals surface area contributed by atoms with Gasteiger partial charge in [-0.25, -0.2) is 0 Å². The number of hydrogen-bond donors (Lipinski definition) is 0. The summed E-state index contributed by atoms with van der Waals surface area (Å²) in [6.07, 6.45) is 4.50. The fourth-order valence-electron chi connectivity index (χ4n) is 0.588. The van der Waals surface area contributed by atoms with Gasteiger partial charge in [0.1, 0.15) is 0 Å². The van der Waals surface area contributed by atoms with E-state index >= 15 is 0 Å². The van der Waals surface area contributed by atoms with Crippen molar-refractivity contribution < 1.29 is 0 Å². The summed E-state index contributed by atoms with van der Waals surface area (Å²) >= 11 is 0. The van der Waals surface area contributed by atoms with E-state index in [0.29, 0.717) is 0 Å². The van der Waals surface area contributed by atoms with Gasteiger partial charge in [-0.2, -0.15) is 0 Å². The lowest BCUT2D eigenvalue weighted by Gasteiger charge is -2.09. The van der Waals surface area contributed by atoms with Gasteiger partial charge in [-0.15, -0.1) is 0 Å². The van der Waals surface area contributed by atoms with Gasteiger partial charge in [-0.05, 0) is 11.8 Å². The van der Waals surface area contributed by atoms with Crippen LogP contribution in [0, 0.1) is 5.41 Å².